The highest BCUT2D eigenvalue weighted by Gasteiger charge is 2.37. The van der Waals surface area contributed by atoms with E-state index in [-0.39, 0.29) is 11.9 Å². The summed E-state index contributed by atoms with van der Waals surface area (Å²) in [6.07, 6.45) is 6.20. The highest BCUT2D eigenvalue weighted by molar-refractivity contribution is 5.82. The number of hydrogen-bond acceptors (Lipinski definition) is 3. The first-order valence-electron chi connectivity index (χ1n) is 6.34. The fourth-order valence-electron chi connectivity index (χ4n) is 2.92. The number of carbonyl (C=O) groups excluding carboxylic acids is 1. The summed E-state index contributed by atoms with van der Waals surface area (Å²) in [4.78, 5) is 11.8. The van der Waals surface area contributed by atoms with Crippen LogP contribution in [0.15, 0.2) is 0 Å². The molecule has 0 unspecified atom stereocenters. The van der Waals surface area contributed by atoms with Gasteiger partial charge in [-0.3, -0.25) is 4.79 Å². The zero-order valence-electron chi connectivity index (χ0n) is 10.00. The highest BCUT2D eigenvalue weighted by atomic mass is 16.5. The third kappa shape index (κ3) is 2.74. The quantitative estimate of drug-likeness (QED) is 0.693. The minimum atomic E-state index is 0.0324. The van der Waals surface area contributed by atoms with Gasteiger partial charge in [0.1, 0.15) is 0 Å². The maximum atomic E-state index is 11.8. The zero-order valence-corrected chi connectivity index (χ0v) is 10.00. The molecule has 92 valence electrons. The zero-order chi connectivity index (χ0) is 11.4. The lowest BCUT2D eigenvalue weighted by Crippen LogP contribution is -2.44. The molecular weight excluding hydrogens is 204 g/mol. The topological polar surface area (TPSA) is 50.4 Å². The minimum absolute atomic E-state index is 0.0324. The smallest absolute Gasteiger partial charge is 0.237 e. The average molecular weight is 226 g/mol. The fourth-order valence-corrected chi connectivity index (χ4v) is 2.92. The van der Waals surface area contributed by atoms with Crippen LogP contribution in [-0.2, 0) is 9.53 Å². The van der Waals surface area contributed by atoms with E-state index in [4.69, 9.17) is 4.74 Å². The molecule has 16 heavy (non-hydrogen) atoms. The lowest BCUT2D eigenvalue weighted by atomic mass is 9.85. The first-order chi connectivity index (χ1) is 7.81. The van der Waals surface area contributed by atoms with Crippen molar-refractivity contribution >= 4 is 5.91 Å². The van der Waals surface area contributed by atoms with E-state index in [9.17, 15) is 4.79 Å². The van der Waals surface area contributed by atoms with Crippen LogP contribution < -0.4 is 10.6 Å². The molecule has 1 saturated heterocycles. The Kier molecular flexibility index (Phi) is 4.18. The first kappa shape index (κ1) is 11.9. The molecule has 2 rings (SSSR count). The van der Waals surface area contributed by atoms with Crippen molar-refractivity contribution in [3.8, 4) is 0 Å². The second kappa shape index (κ2) is 5.64. The van der Waals surface area contributed by atoms with Crippen molar-refractivity contribution < 1.29 is 9.53 Å². The molecule has 1 saturated carbocycles. The molecule has 0 radical (unpaired) electrons. The van der Waals surface area contributed by atoms with Crippen LogP contribution in [0.2, 0.25) is 0 Å². The van der Waals surface area contributed by atoms with E-state index in [1.807, 2.05) is 0 Å². The molecule has 0 bridgehead atoms. The van der Waals surface area contributed by atoms with Gasteiger partial charge >= 0.3 is 0 Å². The van der Waals surface area contributed by atoms with Crippen LogP contribution in [0.4, 0.5) is 0 Å². The molecular formula is C12H22N2O2. The summed E-state index contributed by atoms with van der Waals surface area (Å²) >= 11 is 0. The molecule has 4 nitrogen and oxygen atoms in total. The number of methoxy groups -OCH3 is 1. The summed E-state index contributed by atoms with van der Waals surface area (Å²) in [7, 11) is 1.65. The van der Waals surface area contributed by atoms with Crippen LogP contribution in [0.1, 0.15) is 32.1 Å². The van der Waals surface area contributed by atoms with E-state index in [0.717, 1.165) is 12.3 Å². The van der Waals surface area contributed by atoms with Gasteiger partial charge in [-0.2, -0.15) is 0 Å². The summed E-state index contributed by atoms with van der Waals surface area (Å²) in [5, 5.41) is 6.38. The molecule has 0 aromatic rings. The van der Waals surface area contributed by atoms with E-state index in [2.05, 4.69) is 10.6 Å². The largest absolute Gasteiger partial charge is 0.383 e. The molecule has 1 heterocycles. The summed E-state index contributed by atoms with van der Waals surface area (Å²) < 4.78 is 4.91. The monoisotopic (exact) mass is 226 g/mol. The Bertz CT molecular complexity index is 231. The first-order valence-corrected chi connectivity index (χ1v) is 6.34. The number of amides is 1. The third-order valence-electron chi connectivity index (χ3n) is 3.78. The van der Waals surface area contributed by atoms with E-state index in [1.54, 1.807) is 7.11 Å². The molecule has 2 aliphatic rings. The van der Waals surface area contributed by atoms with Gasteiger partial charge in [0.15, 0.2) is 0 Å². The molecule has 0 aromatic heterocycles. The Hall–Kier alpha value is -0.610. The van der Waals surface area contributed by atoms with Crippen LogP contribution in [0, 0.1) is 5.92 Å². The van der Waals surface area contributed by atoms with Crippen LogP contribution in [0.3, 0.4) is 0 Å². The summed E-state index contributed by atoms with van der Waals surface area (Å²) in [6, 6.07) is 0.622. The van der Waals surface area contributed by atoms with Gasteiger partial charge in [-0.25, -0.2) is 0 Å². The van der Waals surface area contributed by atoms with Crippen molar-refractivity contribution in [2.75, 3.05) is 20.3 Å². The SMILES string of the molecule is COCCNC(=O)[C@@H]1C[C@@H]2CCCC[C@@H]2N1. The van der Waals surface area contributed by atoms with Crippen molar-refractivity contribution in [2.24, 2.45) is 5.92 Å². The number of fused-ring (bicyclic) bond motifs is 1. The van der Waals surface area contributed by atoms with Gasteiger partial charge in [0, 0.05) is 19.7 Å². The average Bonchev–Trinajstić information content (AvgIpc) is 2.73. The van der Waals surface area contributed by atoms with Gasteiger partial charge in [0.25, 0.3) is 0 Å². The van der Waals surface area contributed by atoms with E-state index in [1.165, 1.54) is 25.7 Å². The van der Waals surface area contributed by atoms with Gasteiger partial charge in [0.05, 0.1) is 12.6 Å². The van der Waals surface area contributed by atoms with E-state index >= 15 is 0 Å². The minimum Gasteiger partial charge on any atom is -0.383 e. The highest BCUT2D eigenvalue weighted by Crippen LogP contribution is 2.33. The molecule has 1 aliphatic heterocycles. The van der Waals surface area contributed by atoms with Crippen LogP contribution >= 0.6 is 0 Å². The lowest BCUT2D eigenvalue weighted by molar-refractivity contribution is -0.123. The summed E-state index contributed by atoms with van der Waals surface area (Å²) in [5.74, 6) is 0.873. The van der Waals surface area contributed by atoms with Gasteiger partial charge in [-0.15, -0.1) is 0 Å². The lowest BCUT2D eigenvalue weighted by Gasteiger charge is -2.24. The number of hydrogen-bond donors (Lipinski definition) is 2. The number of ether oxygens (including phenoxy) is 1. The van der Waals surface area contributed by atoms with Crippen molar-refractivity contribution in [3.63, 3.8) is 0 Å². The van der Waals surface area contributed by atoms with Crippen molar-refractivity contribution in [1.82, 2.24) is 10.6 Å². The Morgan fingerprint density at radius 1 is 1.44 bits per heavy atom. The Morgan fingerprint density at radius 3 is 3.00 bits per heavy atom. The number of carbonyl (C=O) groups is 1. The molecule has 1 aliphatic carbocycles. The Labute approximate surface area is 97.1 Å². The molecule has 3 atom stereocenters. The standard InChI is InChI=1S/C12H22N2O2/c1-16-7-6-13-12(15)11-8-9-4-2-3-5-10(9)14-11/h9-11,14H,2-8H2,1H3,(H,13,15)/t9-,10-,11-/m0/s1. The molecule has 1 amide bonds. The van der Waals surface area contributed by atoms with Crippen LogP contribution in [-0.4, -0.2) is 38.3 Å². The number of rotatable bonds is 4. The van der Waals surface area contributed by atoms with Crippen LogP contribution in [0.25, 0.3) is 0 Å². The molecule has 4 heteroatoms. The molecule has 2 N–H and O–H groups in total. The summed E-state index contributed by atoms with van der Waals surface area (Å²) in [6.45, 7) is 1.20. The van der Waals surface area contributed by atoms with Gasteiger partial charge in [0.2, 0.25) is 5.91 Å². The van der Waals surface area contributed by atoms with Crippen molar-refractivity contribution in [1.29, 1.82) is 0 Å². The van der Waals surface area contributed by atoms with Crippen molar-refractivity contribution in [3.05, 3.63) is 0 Å². The predicted octanol–water partition coefficient (Wildman–Crippen LogP) is 0.670. The van der Waals surface area contributed by atoms with Crippen LogP contribution in [0.5, 0.6) is 0 Å². The maximum absolute atomic E-state index is 11.8. The van der Waals surface area contributed by atoms with E-state index in [0.29, 0.717) is 19.2 Å². The normalized spacial score (nSPS) is 33.4. The molecule has 2 fully saturated rings. The van der Waals surface area contributed by atoms with Gasteiger partial charge in [-0.1, -0.05) is 12.8 Å². The van der Waals surface area contributed by atoms with Gasteiger partial charge < -0.3 is 15.4 Å². The second-order valence-corrected chi connectivity index (χ2v) is 4.89. The molecule has 0 spiro atoms. The maximum Gasteiger partial charge on any atom is 0.237 e. The predicted molar refractivity (Wildman–Crippen MR) is 62.2 cm³/mol. The van der Waals surface area contributed by atoms with Crippen molar-refractivity contribution in [2.45, 2.75) is 44.2 Å². The van der Waals surface area contributed by atoms with Gasteiger partial charge in [-0.05, 0) is 25.2 Å². The molecule has 0 aromatic carbocycles. The third-order valence-corrected chi connectivity index (χ3v) is 3.78. The number of nitrogens with one attached hydrogen (secondary N) is 2. The summed E-state index contributed by atoms with van der Waals surface area (Å²) in [5.41, 5.74) is 0. The fraction of sp³-hybridized carbons (Fsp3) is 0.917. The second-order valence-electron chi connectivity index (χ2n) is 4.89. The Balaban J connectivity index is 1.76. The van der Waals surface area contributed by atoms with E-state index < -0.39 is 0 Å². The Morgan fingerprint density at radius 2 is 2.25 bits per heavy atom.